The standard InChI is InChI=1S/C16H21FN2O3/c17-14-7-11(5-6-12(14)10-20)9-18-16(22)8-13-3-1-2-4-15(21)19-13/h5-7,13,20H,1-4,8-10H2,(H,18,22)(H,19,21). The SMILES string of the molecule is O=C(CC1CCCCC(=O)N1)NCc1ccc(CO)c(F)c1. The van der Waals surface area contributed by atoms with E-state index in [1.54, 1.807) is 6.07 Å². The van der Waals surface area contributed by atoms with Crippen molar-refractivity contribution in [2.75, 3.05) is 0 Å². The minimum Gasteiger partial charge on any atom is -0.392 e. The summed E-state index contributed by atoms with van der Waals surface area (Å²) in [7, 11) is 0. The zero-order valence-electron chi connectivity index (χ0n) is 12.4. The van der Waals surface area contributed by atoms with Gasteiger partial charge in [0.25, 0.3) is 0 Å². The van der Waals surface area contributed by atoms with E-state index in [9.17, 15) is 14.0 Å². The van der Waals surface area contributed by atoms with Gasteiger partial charge in [-0.3, -0.25) is 9.59 Å². The average Bonchev–Trinajstić information content (AvgIpc) is 2.69. The van der Waals surface area contributed by atoms with Crippen LogP contribution >= 0.6 is 0 Å². The number of amides is 2. The van der Waals surface area contributed by atoms with Crippen LogP contribution in [0.3, 0.4) is 0 Å². The Morgan fingerprint density at radius 2 is 2.23 bits per heavy atom. The predicted octanol–water partition coefficient (Wildman–Crippen LogP) is 1.38. The molecule has 1 aromatic carbocycles. The molecule has 2 rings (SSSR count). The Bertz CT molecular complexity index is 548. The van der Waals surface area contributed by atoms with E-state index in [1.165, 1.54) is 12.1 Å². The molecular weight excluding hydrogens is 287 g/mol. The summed E-state index contributed by atoms with van der Waals surface area (Å²) < 4.78 is 13.5. The van der Waals surface area contributed by atoms with Crippen molar-refractivity contribution in [3.63, 3.8) is 0 Å². The minimum atomic E-state index is -0.481. The first kappa shape index (κ1) is 16.4. The van der Waals surface area contributed by atoms with Crippen LogP contribution in [0, 0.1) is 5.82 Å². The van der Waals surface area contributed by atoms with Gasteiger partial charge in [-0.15, -0.1) is 0 Å². The molecule has 0 bridgehead atoms. The molecule has 0 aromatic heterocycles. The Kier molecular flexibility index (Phi) is 5.89. The second-order valence-corrected chi connectivity index (χ2v) is 5.57. The smallest absolute Gasteiger partial charge is 0.222 e. The molecule has 0 aliphatic carbocycles. The molecule has 2 amide bonds. The summed E-state index contributed by atoms with van der Waals surface area (Å²) in [5.41, 5.74) is 0.865. The van der Waals surface area contributed by atoms with Crippen LogP contribution in [0.4, 0.5) is 4.39 Å². The van der Waals surface area contributed by atoms with E-state index in [1.807, 2.05) is 0 Å². The van der Waals surface area contributed by atoms with E-state index in [0.717, 1.165) is 19.3 Å². The summed E-state index contributed by atoms with van der Waals surface area (Å²) in [6.07, 6.45) is 3.36. The first-order valence-electron chi connectivity index (χ1n) is 7.52. The molecule has 120 valence electrons. The molecule has 1 aromatic rings. The number of aliphatic hydroxyl groups excluding tert-OH is 1. The number of rotatable bonds is 5. The maximum atomic E-state index is 13.5. The molecule has 1 heterocycles. The summed E-state index contributed by atoms with van der Waals surface area (Å²) in [5.74, 6) is -0.652. The third-order valence-electron chi connectivity index (χ3n) is 3.78. The van der Waals surface area contributed by atoms with Crippen molar-refractivity contribution in [2.24, 2.45) is 0 Å². The van der Waals surface area contributed by atoms with Crippen LogP contribution in [0.25, 0.3) is 0 Å². The van der Waals surface area contributed by atoms with Crippen molar-refractivity contribution >= 4 is 11.8 Å². The lowest BCUT2D eigenvalue weighted by atomic mass is 10.1. The summed E-state index contributed by atoms with van der Waals surface area (Å²) in [4.78, 5) is 23.4. The lowest BCUT2D eigenvalue weighted by Gasteiger charge is -2.15. The van der Waals surface area contributed by atoms with Crippen molar-refractivity contribution in [2.45, 2.75) is 51.3 Å². The van der Waals surface area contributed by atoms with Crippen LogP contribution in [0.5, 0.6) is 0 Å². The summed E-state index contributed by atoms with van der Waals surface area (Å²) in [5, 5.41) is 14.5. The molecule has 6 heteroatoms. The Labute approximate surface area is 128 Å². The molecule has 1 unspecified atom stereocenters. The molecule has 1 aliphatic rings. The number of aliphatic hydroxyl groups is 1. The quantitative estimate of drug-likeness (QED) is 0.769. The van der Waals surface area contributed by atoms with Gasteiger partial charge in [-0.2, -0.15) is 0 Å². The van der Waals surface area contributed by atoms with E-state index >= 15 is 0 Å². The van der Waals surface area contributed by atoms with Crippen LogP contribution in [0.2, 0.25) is 0 Å². The van der Waals surface area contributed by atoms with E-state index < -0.39 is 5.82 Å². The van der Waals surface area contributed by atoms with Gasteiger partial charge in [0.1, 0.15) is 5.82 Å². The highest BCUT2D eigenvalue weighted by Crippen LogP contribution is 2.13. The highest BCUT2D eigenvalue weighted by Gasteiger charge is 2.19. The number of hydrogen-bond donors (Lipinski definition) is 3. The summed E-state index contributed by atoms with van der Waals surface area (Å²) in [6.45, 7) is -0.123. The number of halogens is 1. The molecule has 5 nitrogen and oxygen atoms in total. The lowest BCUT2D eigenvalue weighted by Crippen LogP contribution is -2.37. The monoisotopic (exact) mass is 308 g/mol. The van der Waals surface area contributed by atoms with Crippen LogP contribution < -0.4 is 10.6 Å². The third kappa shape index (κ3) is 4.80. The first-order valence-corrected chi connectivity index (χ1v) is 7.52. The van der Waals surface area contributed by atoms with Gasteiger partial charge in [0.15, 0.2) is 0 Å². The first-order chi connectivity index (χ1) is 10.6. The van der Waals surface area contributed by atoms with Crippen molar-refractivity contribution < 1.29 is 19.1 Å². The molecule has 0 spiro atoms. The molecule has 22 heavy (non-hydrogen) atoms. The highest BCUT2D eigenvalue weighted by atomic mass is 19.1. The maximum absolute atomic E-state index is 13.5. The van der Waals surface area contributed by atoms with Crippen molar-refractivity contribution in [3.05, 3.63) is 35.1 Å². The molecular formula is C16H21FN2O3. The van der Waals surface area contributed by atoms with Gasteiger partial charge in [-0.1, -0.05) is 18.6 Å². The van der Waals surface area contributed by atoms with E-state index in [4.69, 9.17) is 5.11 Å². The lowest BCUT2D eigenvalue weighted by molar-refractivity contribution is -0.123. The Balaban J connectivity index is 1.82. The molecule has 1 atom stereocenters. The van der Waals surface area contributed by atoms with Gasteiger partial charge < -0.3 is 15.7 Å². The van der Waals surface area contributed by atoms with Gasteiger partial charge in [-0.05, 0) is 24.5 Å². The van der Waals surface area contributed by atoms with Crippen molar-refractivity contribution in [1.82, 2.24) is 10.6 Å². The summed E-state index contributed by atoms with van der Waals surface area (Å²) >= 11 is 0. The van der Waals surface area contributed by atoms with Gasteiger partial charge in [0.2, 0.25) is 11.8 Å². The zero-order valence-corrected chi connectivity index (χ0v) is 12.4. The number of nitrogens with one attached hydrogen (secondary N) is 2. The van der Waals surface area contributed by atoms with Crippen LogP contribution in [0.1, 0.15) is 43.2 Å². The minimum absolute atomic E-state index is 0.00281. The summed E-state index contributed by atoms with van der Waals surface area (Å²) in [6, 6.07) is 4.35. The fourth-order valence-corrected chi connectivity index (χ4v) is 2.53. The van der Waals surface area contributed by atoms with Crippen molar-refractivity contribution in [1.29, 1.82) is 0 Å². The number of carbonyl (C=O) groups excluding carboxylic acids is 2. The van der Waals surface area contributed by atoms with Gasteiger partial charge >= 0.3 is 0 Å². The fourth-order valence-electron chi connectivity index (χ4n) is 2.53. The third-order valence-corrected chi connectivity index (χ3v) is 3.78. The van der Waals surface area contributed by atoms with E-state index in [0.29, 0.717) is 12.0 Å². The molecule has 0 radical (unpaired) electrons. The van der Waals surface area contributed by atoms with E-state index in [2.05, 4.69) is 10.6 Å². The van der Waals surface area contributed by atoms with Crippen LogP contribution in [-0.2, 0) is 22.7 Å². The van der Waals surface area contributed by atoms with Crippen LogP contribution in [0.15, 0.2) is 18.2 Å². The van der Waals surface area contributed by atoms with Crippen molar-refractivity contribution in [3.8, 4) is 0 Å². The topological polar surface area (TPSA) is 78.4 Å². The molecule has 3 N–H and O–H groups in total. The Morgan fingerprint density at radius 1 is 1.41 bits per heavy atom. The van der Waals surface area contributed by atoms with Gasteiger partial charge in [0, 0.05) is 31.0 Å². The van der Waals surface area contributed by atoms with Gasteiger partial charge in [-0.25, -0.2) is 4.39 Å². The Hall–Kier alpha value is -1.95. The molecule has 1 fully saturated rings. The largest absolute Gasteiger partial charge is 0.392 e. The fraction of sp³-hybridized carbons (Fsp3) is 0.500. The molecule has 1 aliphatic heterocycles. The zero-order chi connectivity index (χ0) is 15.9. The number of carbonyl (C=O) groups is 2. The highest BCUT2D eigenvalue weighted by molar-refractivity contribution is 5.79. The number of benzene rings is 1. The normalized spacial score (nSPS) is 18.5. The van der Waals surface area contributed by atoms with E-state index in [-0.39, 0.29) is 43.0 Å². The number of hydrogen-bond acceptors (Lipinski definition) is 3. The average molecular weight is 308 g/mol. The second-order valence-electron chi connectivity index (χ2n) is 5.57. The van der Waals surface area contributed by atoms with Gasteiger partial charge in [0.05, 0.1) is 6.61 Å². The molecule has 1 saturated heterocycles. The maximum Gasteiger partial charge on any atom is 0.222 e. The Morgan fingerprint density at radius 3 is 2.95 bits per heavy atom. The van der Waals surface area contributed by atoms with Crippen LogP contribution in [-0.4, -0.2) is 23.0 Å². The second kappa shape index (κ2) is 7.89. The molecule has 0 saturated carbocycles. The predicted molar refractivity (Wildman–Crippen MR) is 79.2 cm³/mol.